The molecule has 0 bridgehead atoms. The Balaban J connectivity index is 1.21. The Labute approximate surface area is 193 Å². The molecule has 33 heavy (non-hydrogen) atoms. The number of nitrogens with zero attached hydrogens (tertiary/aromatic N) is 1. The molecular formula is C25H19FN2O4S. The Morgan fingerprint density at radius 2 is 1.88 bits per heavy atom. The summed E-state index contributed by atoms with van der Waals surface area (Å²) in [4.78, 5) is 16.8. The highest BCUT2D eigenvalue weighted by Crippen LogP contribution is 2.32. The highest BCUT2D eigenvalue weighted by atomic mass is 32.1. The largest absolute Gasteiger partial charge is 0.489 e. The Bertz CT molecular complexity index is 1290. The lowest BCUT2D eigenvalue weighted by Crippen LogP contribution is -2.23. The highest BCUT2D eigenvalue weighted by molar-refractivity contribution is 7.13. The van der Waals surface area contributed by atoms with Crippen molar-refractivity contribution in [2.24, 2.45) is 0 Å². The zero-order valence-corrected chi connectivity index (χ0v) is 18.2. The number of aromatic nitrogens is 1. The number of nitrogens with one attached hydrogen (secondary N) is 1. The van der Waals surface area contributed by atoms with Crippen molar-refractivity contribution in [1.29, 1.82) is 0 Å². The second kappa shape index (κ2) is 9.30. The van der Waals surface area contributed by atoms with Crippen molar-refractivity contribution in [2.75, 3.05) is 6.79 Å². The molecule has 0 aliphatic carbocycles. The average molecular weight is 463 g/mol. The van der Waals surface area contributed by atoms with Crippen molar-refractivity contribution in [3.8, 4) is 27.8 Å². The van der Waals surface area contributed by atoms with Crippen LogP contribution in [-0.4, -0.2) is 17.7 Å². The molecule has 166 valence electrons. The third kappa shape index (κ3) is 4.80. The second-order valence-corrected chi connectivity index (χ2v) is 8.18. The van der Waals surface area contributed by atoms with Crippen LogP contribution in [-0.2, 0) is 13.2 Å². The van der Waals surface area contributed by atoms with Crippen LogP contribution in [0.15, 0.2) is 72.1 Å². The number of carbonyl (C=O) groups is 1. The highest BCUT2D eigenvalue weighted by Gasteiger charge is 2.16. The van der Waals surface area contributed by atoms with Crippen LogP contribution in [0.1, 0.15) is 21.6 Å². The molecule has 0 atom stereocenters. The number of benzene rings is 3. The molecule has 0 unspecified atom stereocenters. The Kier molecular flexibility index (Phi) is 5.91. The van der Waals surface area contributed by atoms with Gasteiger partial charge in [-0.25, -0.2) is 9.37 Å². The lowest BCUT2D eigenvalue weighted by molar-refractivity contribution is 0.0946. The van der Waals surface area contributed by atoms with E-state index in [0.717, 1.165) is 11.1 Å². The van der Waals surface area contributed by atoms with Crippen LogP contribution in [0.3, 0.4) is 0 Å². The van der Waals surface area contributed by atoms with Crippen LogP contribution in [0.4, 0.5) is 4.39 Å². The number of hydrogen-bond acceptors (Lipinski definition) is 6. The van der Waals surface area contributed by atoms with E-state index in [-0.39, 0.29) is 18.4 Å². The molecule has 0 spiro atoms. The number of halogens is 1. The molecule has 4 aromatic rings. The molecule has 5 rings (SSSR count). The Morgan fingerprint density at radius 1 is 1.03 bits per heavy atom. The zero-order valence-electron chi connectivity index (χ0n) is 17.4. The molecular weight excluding hydrogens is 443 g/mol. The van der Waals surface area contributed by atoms with Gasteiger partial charge in [-0.15, -0.1) is 11.3 Å². The van der Waals surface area contributed by atoms with Crippen LogP contribution < -0.4 is 19.5 Å². The van der Waals surface area contributed by atoms with Gasteiger partial charge in [0.1, 0.15) is 28.9 Å². The minimum Gasteiger partial charge on any atom is -0.489 e. The fourth-order valence-electron chi connectivity index (χ4n) is 3.33. The van der Waals surface area contributed by atoms with Crippen molar-refractivity contribution in [3.63, 3.8) is 0 Å². The number of thiazole rings is 1. The van der Waals surface area contributed by atoms with E-state index in [4.69, 9.17) is 14.2 Å². The first-order valence-electron chi connectivity index (χ1n) is 10.2. The smallest absolute Gasteiger partial charge is 0.271 e. The molecule has 1 aliphatic heterocycles. The van der Waals surface area contributed by atoms with E-state index < -0.39 is 5.82 Å². The van der Waals surface area contributed by atoms with E-state index in [1.165, 1.54) is 17.4 Å². The summed E-state index contributed by atoms with van der Waals surface area (Å²) in [6.45, 7) is 0.859. The molecule has 3 aromatic carbocycles. The van der Waals surface area contributed by atoms with Crippen molar-refractivity contribution in [2.45, 2.75) is 13.2 Å². The quantitative estimate of drug-likeness (QED) is 0.410. The van der Waals surface area contributed by atoms with E-state index >= 15 is 0 Å². The minimum atomic E-state index is -0.456. The van der Waals surface area contributed by atoms with Crippen LogP contribution >= 0.6 is 11.3 Å². The molecule has 8 heteroatoms. The first-order valence-corrected chi connectivity index (χ1v) is 11.1. The molecule has 1 aromatic heterocycles. The monoisotopic (exact) mass is 462 g/mol. The fraction of sp³-hybridized carbons (Fsp3) is 0.120. The number of hydrogen-bond donors (Lipinski definition) is 1. The molecule has 2 heterocycles. The molecule has 0 fully saturated rings. The maximum absolute atomic E-state index is 14.7. The lowest BCUT2D eigenvalue weighted by Gasteiger charge is -2.08. The van der Waals surface area contributed by atoms with Crippen LogP contribution in [0.2, 0.25) is 0 Å². The number of amides is 1. The molecule has 0 radical (unpaired) electrons. The summed E-state index contributed by atoms with van der Waals surface area (Å²) in [5, 5.41) is 4.86. The van der Waals surface area contributed by atoms with E-state index in [2.05, 4.69) is 10.3 Å². The third-order valence-corrected chi connectivity index (χ3v) is 5.92. The summed E-state index contributed by atoms with van der Waals surface area (Å²) in [7, 11) is 0. The van der Waals surface area contributed by atoms with Crippen LogP contribution in [0.5, 0.6) is 17.2 Å². The topological polar surface area (TPSA) is 69.7 Å². The number of ether oxygens (including phenoxy) is 3. The minimum absolute atomic E-state index is 0.198. The van der Waals surface area contributed by atoms with Crippen molar-refractivity contribution < 1.29 is 23.4 Å². The molecule has 1 N–H and O–H groups in total. The first-order chi connectivity index (χ1) is 16.2. The molecule has 1 amide bonds. The second-order valence-electron chi connectivity index (χ2n) is 7.32. The number of carbonyl (C=O) groups excluding carboxylic acids is 1. The van der Waals surface area contributed by atoms with Crippen molar-refractivity contribution in [1.82, 2.24) is 10.3 Å². The normalized spacial score (nSPS) is 11.9. The van der Waals surface area contributed by atoms with E-state index in [1.54, 1.807) is 23.6 Å². The average Bonchev–Trinajstić information content (AvgIpc) is 3.51. The molecule has 0 saturated carbocycles. The maximum atomic E-state index is 14.7. The van der Waals surface area contributed by atoms with Gasteiger partial charge in [0.05, 0.1) is 0 Å². The first kappa shape index (κ1) is 21.0. The summed E-state index contributed by atoms with van der Waals surface area (Å²) in [5.41, 5.74) is 2.43. The van der Waals surface area contributed by atoms with Gasteiger partial charge < -0.3 is 19.5 Å². The van der Waals surface area contributed by atoms with Gasteiger partial charge in [-0.2, -0.15) is 0 Å². The van der Waals surface area contributed by atoms with Gasteiger partial charge in [0, 0.05) is 23.6 Å². The van der Waals surface area contributed by atoms with Crippen molar-refractivity contribution >= 4 is 17.2 Å². The lowest BCUT2D eigenvalue weighted by atomic mass is 10.2. The van der Waals surface area contributed by atoms with E-state index in [9.17, 15) is 9.18 Å². The predicted molar refractivity (Wildman–Crippen MR) is 122 cm³/mol. The van der Waals surface area contributed by atoms with E-state index in [1.807, 2.05) is 42.5 Å². The summed E-state index contributed by atoms with van der Waals surface area (Å²) >= 11 is 1.21. The van der Waals surface area contributed by atoms with Gasteiger partial charge in [0.25, 0.3) is 5.91 Å². The molecule has 1 aliphatic rings. The van der Waals surface area contributed by atoms with Crippen molar-refractivity contribution in [3.05, 3.63) is 94.7 Å². The van der Waals surface area contributed by atoms with Crippen LogP contribution in [0, 0.1) is 5.82 Å². The third-order valence-electron chi connectivity index (χ3n) is 5.05. The zero-order chi connectivity index (χ0) is 22.6. The van der Waals surface area contributed by atoms with Gasteiger partial charge in [0.2, 0.25) is 6.79 Å². The van der Waals surface area contributed by atoms with Gasteiger partial charge in [-0.3, -0.25) is 4.79 Å². The standard InChI is InChI=1S/C25H19FN2O4S/c26-20-11-18(30-13-16-4-2-1-3-5-16)7-8-19(20)25-28-21(14-33-25)24(29)27-12-17-6-9-22-23(10-17)32-15-31-22/h1-11,14H,12-13,15H2,(H,27,29). The summed E-state index contributed by atoms with van der Waals surface area (Å²) in [6, 6.07) is 19.8. The summed E-state index contributed by atoms with van der Waals surface area (Å²) < 4.78 is 31.0. The van der Waals surface area contributed by atoms with Gasteiger partial charge in [0.15, 0.2) is 11.5 Å². The predicted octanol–water partition coefficient (Wildman–Crippen LogP) is 5.19. The van der Waals surface area contributed by atoms with Crippen LogP contribution in [0.25, 0.3) is 10.6 Å². The molecule has 0 saturated heterocycles. The Hall–Kier alpha value is -3.91. The molecule has 6 nitrogen and oxygen atoms in total. The SMILES string of the molecule is O=C(NCc1ccc2c(c1)OCO2)c1csc(-c2ccc(OCc3ccccc3)cc2F)n1. The maximum Gasteiger partial charge on any atom is 0.271 e. The summed E-state index contributed by atoms with van der Waals surface area (Å²) in [6.07, 6.45) is 0. The Morgan fingerprint density at radius 3 is 2.73 bits per heavy atom. The number of fused-ring (bicyclic) bond motifs is 1. The fourth-order valence-corrected chi connectivity index (χ4v) is 4.15. The van der Waals surface area contributed by atoms with Gasteiger partial charge in [-0.1, -0.05) is 36.4 Å². The van der Waals surface area contributed by atoms with Gasteiger partial charge >= 0.3 is 0 Å². The van der Waals surface area contributed by atoms with Gasteiger partial charge in [-0.05, 0) is 35.4 Å². The van der Waals surface area contributed by atoms with E-state index in [0.29, 0.717) is 41.0 Å². The summed E-state index contributed by atoms with van der Waals surface area (Å²) in [5.74, 6) is 0.982. The number of rotatable bonds is 7.